The van der Waals surface area contributed by atoms with Crippen LogP contribution < -0.4 is 10.6 Å². The van der Waals surface area contributed by atoms with Crippen LogP contribution in [-0.4, -0.2) is 22.1 Å². The van der Waals surface area contributed by atoms with Crippen molar-refractivity contribution in [1.82, 2.24) is 4.98 Å². The van der Waals surface area contributed by atoms with E-state index >= 15 is 0 Å². The number of urea groups is 1. The fourth-order valence-corrected chi connectivity index (χ4v) is 2.08. The highest BCUT2D eigenvalue weighted by Gasteiger charge is 2.06. The van der Waals surface area contributed by atoms with Gasteiger partial charge in [-0.1, -0.05) is 11.3 Å². The topological polar surface area (TPSA) is 91.3 Å². The minimum Gasteiger partial charge on any atom is -0.478 e. The van der Waals surface area contributed by atoms with Crippen molar-refractivity contribution >= 4 is 40.2 Å². The molecule has 2 amide bonds. The maximum atomic E-state index is 12.7. The zero-order valence-electron chi connectivity index (χ0n) is 10.5. The van der Waals surface area contributed by atoms with Gasteiger partial charge in [-0.3, -0.25) is 5.32 Å². The number of carbonyl (C=O) groups is 2. The van der Waals surface area contributed by atoms with Crippen LogP contribution in [0.4, 0.5) is 20.0 Å². The number of thiazole rings is 1. The molecule has 0 aliphatic carbocycles. The van der Waals surface area contributed by atoms with Gasteiger partial charge in [0.15, 0.2) is 5.13 Å². The van der Waals surface area contributed by atoms with Crippen molar-refractivity contribution in [3.8, 4) is 0 Å². The molecule has 108 valence electrons. The van der Waals surface area contributed by atoms with Crippen LogP contribution in [0.2, 0.25) is 0 Å². The fraction of sp³-hybridized carbons (Fsp3) is 0. The third kappa shape index (κ3) is 4.69. The Kier molecular flexibility index (Phi) is 4.62. The predicted molar refractivity (Wildman–Crippen MR) is 77.8 cm³/mol. The summed E-state index contributed by atoms with van der Waals surface area (Å²) < 4.78 is 12.7. The summed E-state index contributed by atoms with van der Waals surface area (Å²) in [6, 6.07) is 4.79. The lowest BCUT2D eigenvalue weighted by atomic mass is 10.3. The monoisotopic (exact) mass is 307 g/mol. The average Bonchev–Trinajstić information content (AvgIpc) is 2.86. The minimum atomic E-state index is -1.06. The minimum absolute atomic E-state index is 0.319. The van der Waals surface area contributed by atoms with E-state index in [0.717, 1.165) is 17.4 Å². The van der Waals surface area contributed by atoms with Crippen LogP contribution in [0.3, 0.4) is 0 Å². The molecule has 3 N–H and O–H groups in total. The predicted octanol–water partition coefficient (Wildman–Crippen LogP) is 3.02. The first-order valence-corrected chi connectivity index (χ1v) is 6.55. The van der Waals surface area contributed by atoms with Crippen molar-refractivity contribution < 1.29 is 19.1 Å². The van der Waals surface area contributed by atoms with Crippen molar-refractivity contribution in [2.45, 2.75) is 0 Å². The van der Waals surface area contributed by atoms with Crippen molar-refractivity contribution in [3.05, 3.63) is 47.2 Å². The number of aromatic nitrogens is 1. The van der Waals surface area contributed by atoms with Crippen LogP contribution in [0.15, 0.2) is 36.5 Å². The van der Waals surface area contributed by atoms with Gasteiger partial charge in [-0.2, -0.15) is 0 Å². The number of carbonyl (C=O) groups excluding carboxylic acids is 1. The summed E-state index contributed by atoms with van der Waals surface area (Å²) >= 11 is 1.12. The molecule has 0 bridgehead atoms. The van der Waals surface area contributed by atoms with Gasteiger partial charge in [0.25, 0.3) is 0 Å². The highest BCUT2D eigenvalue weighted by atomic mass is 32.1. The van der Waals surface area contributed by atoms with E-state index in [2.05, 4.69) is 15.6 Å². The van der Waals surface area contributed by atoms with E-state index in [4.69, 9.17) is 5.11 Å². The van der Waals surface area contributed by atoms with Crippen LogP contribution in [0, 0.1) is 5.82 Å². The molecule has 6 nitrogen and oxygen atoms in total. The summed E-state index contributed by atoms with van der Waals surface area (Å²) in [5.41, 5.74) is 0.441. The van der Waals surface area contributed by atoms with Crippen molar-refractivity contribution in [3.63, 3.8) is 0 Å². The van der Waals surface area contributed by atoms with Crippen LogP contribution in [0.25, 0.3) is 6.08 Å². The number of rotatable bonds is 4. The van der Waals surface area contributed by atoms with Crippen molar-refractivity contribution in [2.24, 2.45) is 0 Å². The number of nitrogens with zero attached hydrogens (tertiary/aromatic N) is 1. The number of carboxylic acid groups (broad SMARTS) is 1. The molecule has 0 atom stereocenters. The number of hydrogen-bond donors (Lipinski definition) is 3. The summed E-state index contributed by atoms with van der Waals surface area (Å²) in [4.78, 5) is 26.6. The lowest BCUT2D eigenvalue weighted by Gasteiger charge is -2.04. The maximum absolute atomic E-state index is 12.7. The lowest BCUT2D eigenvalue weighted by Crippen LogP contribution is -2.19. The summed E-state index contributed by atoms with van der Waals surface area (Å²) in [6.45, 7) is 0. The normalized spacial score (nSPS) is 10.5. The zero-order valence-corrected chi connectivity index (χ0v) is 11.4. The second-order valence-corrected chi connectivity index (χ2v) is 4.89. The van der Waals surface area contributed by atoms with E-state index in [1.54, 1.807) is 0 Å². The highest BCUT2D eigenvalue weighted by Crippen LogP contribution is 2.19. The molecule has 0 aliphatic heterocycles. The molecule has 1 aromatic heterocycles. The van der Waals surface area contributed by atoms with Crippen LogP contribution in [0.1, 0.15) is 4.88 Å². The van der Waals surface area contributed by atoms with E-state index in [9.17, 15) is 14.0 Å². The quantitative estimate of drug-likeness (QED) is 0.757. The van der Waals surface area contributed by atoms with Crippen molar-refractivity contribution in [1.29, 1.82) is 0 Å². The first-order chi connectivity index (χ1) is 10.0. The van der Waals surface area contributed by atoms with E-state index in [1.807, 2.05) is 0 Å². The molecule has 0 saturated heterocycles. The molecule has 0 spiro atoms. The summed E-state index contributed by atoms with van der Waals surface area (Å²) in [5, 5.41) is 13.8. The first kappa shape index (κ1) is 14.7. The average molecular weight is 307 g/mol. The van der Waals surface area contributed by atoms with Crippen LogP contribution >= 0.6 is 11.3 Å². The Hall–Kier alpha value is -2.74. The Labute approximate surface area is 123 Å². The molecule has 0 radical (unpaired) electrons. The molecule has 2 aromatic rings. The lowest BCUT2D eigenvalue weighted by molar-refractivity contribution is -0.131. The Bertz CT molecular complexity index is 682. The van der Waals surface area contributed by atoms with Crippen LogP contribution in [-0.2, 0) is 4.79 Å². The van der Waals surface area contributed by atoms with Gasteiger partial charge in [-0.15, -0.1) is 0 Å². The number of aliphatic carboxylic acids is 1. The number of hydrogen-bond acceptors (Lipinski definition) is 4. The number of amides is 2. The Balaban J connectivity index is 1.93. The van der Waals surface area contributed by atoms with E-state index in [0.29, 0.717) is 15.7 Å². The molecule has 0 saturated carbocycles. The standard InChI is InChI=1S/C13H10FN3O3S/c14-8-1-3-9(4-2-8)16-12(20)17-13-15-7-10(21-13)5-6-11(18)19/h1-7H,(H,18,19)(H2,15,16,17,20). The van der Waals surface area contributed by atoms with Crippen LogP contribution in [0.5, 0.6) is 0 Å². The summed E-state index contributed by atoms with van der Waals surface area (Å²) in [5.74, 6) is -1.46. The number of halogens is 1. The van der Waals surface area contributed by atoms with Gasteiger partial charge in [0.1, 0.15) is 5.82 Å². The smallest absolute Gasteiger partial charge is 0.328 e. The van der Waals surface area contributed by atoms with E-state index in [-0.39, 0.29) is 0 Å². The van der Waals surface area contributed by atoms with Gasteiger partial charge in [0, 0.05) is 22.8 Å². The molecule has 0 unspecified atom stereocenters. The van der Waals surface area contributed by atoms with Gasteiger partial charge in [0.2, 0.25) is 0 Å². The zero-order chi connectivity index (χ0) is 15.2. The first-order valence-electron chi connectivity index (χ1n) is 5.73. The molecular formula is C13H10FN3O3S. The third-order valence-corrected chi connectivity index (χ3v) is 3.11. The second-order valence-electron chi connectivity index (χ2n) is 3.83. The summed E-state index contributed by atoms with van der Waals surface area (Å²) in [6.07, 6.45) is 3.80. The third-order valence-electron chi connectivity index (χ3n) is 2.24. The summed E-state index contributed by atoms with van der Waals surface area (Å²) in [7, 11) is 0. The maximum Gasteiger partial charge on any atom is 0.328 e. The van der Waals surface area contributed by atoms with Gasteiger partial charge in [-0.25, -0.2) is 19.0 Å². The molecule has 8 heteroatoms. The number of anilines is 2. The Morgan fingerprint density at radius 1 is 1.24 bits per heavy atom. The van der Waals surface area contributed by atoms with Crippen molar-refractivity contribution in [2.75, 3.05) is 10.6 Å². The molecular weight excluding hydrogens is 297 g/mol. The Morgan fingerprint density at radius 2 is 1.95 bits per heavy atom. The second kappa shape index (κ2) is 6.62. The van der Waals surface area contributed by atoms with E-state index in [1.165, 1.54) is 36.5 Å². The van der Waals surface area contributed by atoms with Gasteiger partial charge in [-0.05, 0) is 30.3 Å². The molecule has 21 heavy (non-hydrogen) atoms. The fourth-order valence-electron chi connectivity index (χ4n) is 1.37. The van der Waals surface area contributed by atoms with Gasteiger partial charge < -0.3 is 10.4 Å². The number of benzene rings is 1. The molecule has 1 heterocycles. The molecule has 0 fully saturated rings. The SMILES string of the molecule is O=C(O)C=Cc1cnc(NC(=O)Nc2ccc(F)cc2)s1. The highest BCUT2D eigenvalue weighted by molar-refractivity contribution is 7.16. The largest absolute Gasteiger partial charge is 0.478 e. The van der Waals surface area contributed by atoms with Gasteiger partial charge in [0.05, 0.1) is 0 Å². The number of nitrogens with one attached hydrogen (secondary N) is 2. The van der Waals surface area contributed by atoms with E-state index < -0.39 is 17.8 Å². The molecule has 0 aliphatic rings. The number of carboxylic acids is 1. The molecule has 2 rings (SSSR count). The Morgan fingerprint density at radius 3 is 2.62 bits per heavy atom. The van der Waals surface area contributed by atoms with Gasteiger partial charge >= 0.3 is 12.0 Å². The molecule has 1 aromatic carbocycles.